The fourth-order valence-corrected chi connectivity index (χ4v) is 2.74. The number of allylic oxidation sites excluding steroid dienone is 1. The van der Waals surface area contributed by atoms with Gasteiger partial charge in [-0.05, 0) is 17.7 Å². The molecule has 0 amide bonds. The number of fused-ring (bicyclic) bond motifs is 1. The van der Waals surface area contributed by atoms with E-state index in [0.717, 1.165) is 16.6 Å². The summed E-state index contributed by atoms with van der Waals surface area (Å²) >= 11 is 0. The SMILES string of the molecule is COCc1cnn2ccc(CNc3nc(/C(C=N)=C/NCCO)cnc3N)cc12. The third-order valence-electron chi connectivity index (χ3n) is 4.19. The van der Waals surface area contributed by atoms with Gasteiger partial charge in [-0.25, -0.2) is 14.5 Å². The second-order valence-electron chi connectivity index (χ2n) is 6.23. The molecule has 0 spiro atoms. The van der Waals surface area contributed by atoms with Crippen molar-refractivity contribution in [2.45, 2.75) is 13.2 Å². The van der Waals surface area contributed by atoms with Gasteiger partial charge >= 0.3 is 0 Å². The number of methoxy groups -OCH3 is 1. The first kappa shape index (κ1) is 20.2. The number of hydrogen-bond acceptors (Lipinski definition) is 9. The van der Waals surface area contributed by atoms with Crippen LogP contribution in [0.25, 0.3) is 11.1 Å². The van der Waals surface area contributed by atoms with Crippen LogP contribution in [0.15, 0.2) is 36.9 Å². The first-order chi connectivity index (χ1) is 14.2. The number of nitrogens with one attached hydrogen (secondary N) is 3. The van der Waals surface area contributed by atoms with Crippen molar-refractivity contribution < 1.29 is 9.84 Å². The van der Waals surface area contributed by atoms with Crippen LogP contribution in [-0.4, -0.2) is 51.2 Å². The minimum absolute atomic E-state index is 0.00434. The van der Waals surface area contributed by atoms with Crippen molar-refractivity contribution in [2.24, 2.45) is 0 Å². The lowest BCUT2D eigenvalue weighted by atomic mass is 10.2. The highest BCUT2D eigenvalue weighted by Crippen LogP contribution is 2.19. The van der Waals surface area contributed by atoms with E-state index in [4.69, 9.17) is 21.0 Å². The Morgan fingerprint density at radius 2 is 2.28 bits per heavy atom. The lowest BCUT2D eigenvalue weighted by molar-refractivity contribution is 0.186. The molecule has 0 saturated heterocycles. The molecule has 0 saturated carbocycles. The zero-order chi connectivity index (χ0) is 20.6. The molecule has 3 heterocycles. The van der Waals surface area contributed by atoms with Crippen molar-refractivity contribution in [1.82, 2.24) is 24.9 Å². The van der Waals surface area contributed by atoms with E-state index in [1.165, 1.54) is 12.4 Å². The van der Waals surface area contributed by atoms with Crippen molar-refractivity contribution in [1.29, 1.82) is 5.41 Å². The highest BCUT2D eigenvalue weighted by Gasteiger charge is 2.09. The van der Waals surface area contributed by atoms with Crippen LogP contribution in [0.3, 0.4) is 0 Å². The van der Waals surface area contributed by atoms with E-state index in [9.17, 15) is 0 Å². The van der Waals surface area contributed by atoms with E-state index < -0.39 is 0 Å². The maximum atomic E-state index is 8.86. The van der Waals surface area contributed by atoms with Crippen molar-refractivity contribution in [3.8, 4) is 0 Å². The Morgan fingerprint density at radius 3 is 3.03 bits per heavy atom. The van der Waals surface area contributed by atoms with Gasteiger partial charge in [0.25, 0.3) is 0 Å². The maximum absolute atomic E-state index is 8.86. The minimum atomic E-state index is -0.00434. The van der Waals surface area contributed by atoms with E-state index >= 15 is 0 Å². The van der Waals surface area contributed by atoms with Crippen molar-refractivity contribution in [3.63, 3.8) is 0 Å². The number of nitrogen functional groups attached to an aromatic ring is 1. The molecule has 10 heteroatoms. The molecule has 29 heavy (non-hydrogen) atoms. The largest absolute Gasteiger partial charge is 0.395 e. The predicted octanol–water partition coefficient (Wildman–Crippen LogP) is 1.04. The van der Waals surface area contributed by atoms with E-state index in [1.54, 1.807) is 24.0 Å². The Labute approximate surface area is 167 Å². The predicted molar refractivity (Wildman–Crippen MR) is 112 cm³/mol. The molecule has 0 aromatic carbocycles. The zero-order valence-corrected chi connectivity index (χ0v) is 16.1. The Hall–Kier alpha value is -3.50. The number of pyridine rings is 1. The lowest BCUT2D eigenvalue weighted by Crippen LogP contribution is -2.13. The smallest absolute Gasteiger partial charge is 0.169 e. The van der Waals surface area contributed by atoms with E-state index in [-0.39, 0.29) is 12.4 Å². The van der Waals surface area contributed by atoms with Gasteiger partial charge in [0.15, 0.2) is 11.6 Å². The molecule has 0 aliphatic carbocycles. The quantitative estimate of drug-likeness (QED) is 0.252. The number of nitrogens with two attached hydrogens (primary N) is 1. The van der Waals surface area contributed by atoms with Crippen molar-refractivity contribution in [2.75, 3.05) is 31.3 Å². The third-order valence-corrected chi connectivity index (χ3v) is 4.19. The number of hydrogen-bond donors (Lipinski definition) is 5. The van der Waals surface area contributed by atoms with Crippen molar-refractivity contribution in [3.05, 3.63) is 53.7 Å². The molecule has 3 aromatic heterocycles. The van der Waals surface area contributed by atoms with Crippen LogP contribution < -0.4 is 16.4 Å². The number of rotatable bonds is 10. The molecular weight excluding hydrogens is 372 g/mol. The molecule has 0 atom stereocenters. The molecule has 3 aromatic rings. The summed E-state index contributed by atoms with van der Waals surface area (Å²) in [6.45, 7) is 1.36. The molecule has 0 radical (unpaired) electrons. The summed E-state index contributed by atoms with van der Waals surface area (Å²) in [5.74, 6) is 0.704. The average Bonchev–Trinajstić information content (AvgIpc) is 3.13. The van der Waals surface area contributed by atoms with Gasteiger partial charge in [0.1, 0.15) is 0 Å². The van der Waals surface area contributed by atoms with Gasteiger partial charge in [-0.3, -0.25) is 0 Å². The highest BCUT2D eigenvalue weighted by molar-refractivity contribution is 6.07. The summed E-state index contributed by atoms with van der Waals surface area (Å²) in [6.07, 6.45) is 7.96. The number of nitrogens with zero attached hydrogens (tertiary/aromatic N) is 4. The molecule has 152 valence electrons. The van der Waals surface area contributed by atoms with Crippen LogP contribution in [0.4, 0.5) is 11.6 Å². The monoisotopic (exact) mass is 396 g/mol. The van der Waals surface area contributed by atoms with Gasteiger partial charge in [0, 0.05) is 49.9 Å². The number of aliphatic hydroxyl groups excluding tert-OH is 1. The van der Waals surface area contributed by atoms with Crippen LogP contribution in [0.2, 0.25) is 0 Å². The topological polar surface area (TPSA) is 146 Å². The summed E-state index contributed by atoms with van der Waals surface area (Å²) in [7, 11) is 1.65. The first-order valence-corrected chi connectivity index (χ1v) is 9.02. The number of anilines is 2. The normalized spacial score (nSPS) is 11.6. The summed E-state index contributed by atoms with van der Waals surface area (Å²) < 4.78 is 7.01. The van der Waals surface area contributed by atoms with Gasteiger partial charge in [-0.2, -0.15) is 5.10 Å². The molecule has 0 aliphatic rings. The molecule has 0 fully saturated rings. The summed E-state index contributed by atoms with van der Waals surface area (Å²) in [5.41, 5.74) is 9.99. The maximum Gasteiger partial charge on any atom is 0.169 e. The molecule has 0 unspecified atom stereocenters. The van der Waals surface area contributed by atoms with Gasteiger partial charge in [-0.15, -0.1) is 0 Å². The van der Waals surface area contributed by atoms with E-state index in [0.29, 0.717) is 36.8 Å². The second kappa shape index (κ2) is 9.62. The summed E-state index contributed by atoms with van der Waals surface area (Å²) in [5, 5.41) is 26.9. The third kappa shape index (κ3) is 4.86. The first-order valence-electron chi connectivity index (χ1n) is 9.02. The van der Waals surface area contributed by atoms with Crippen molar-refractivity contribution >= 4 is 28.9 Å². The highest BCUT2D eigenvalue weighted by atomic mass is 16.5. The molecule has 0 bridgehead atoms. The average molecular weight is 396 g/mol. The summed E-state index contributed by atoms with van der Waals surface area (Å²) in [6, 6.07) is 3.99. The van der Waals surface area contributed by atoms with Gasteiger partial charge in [0.05, 0.1) is 36.8 Å². The fourth-order valence-electron chi connectivity index (χ4n) is 2.74. The molecule has 10 nitrogen and oxygen atoms in total. The molecule has 6 N–H and O–H groups in total. The number of aromatic nitrogens is 4. The van der Waals surface area contributed by atoms with Crippen LogP contribution in [0, 0.1) is 5.41 Å². The van der Waals surface area contributed by atoms with Crippen LogP contribution in [0.5, 0.6) is 0 Å². The Morgan fingerprint density at radius 1 is 1.41 bits per heavy atom. The Balaban J connectivity index is 1.78. The minimum Gasteiger partial charge on any atom is -0.395 e. The van der Waals surface area contributed by atoms with Crippen LogP contribution in [0.1, 0.15) is 16.8 Å². The molecule has 3 rings (SSSR count). The van der Waals surface area contributed by atoms with Gasteiger partial charge < -0.3 is 31.6 Å². The fraction of sp³-hybridized carbons (Fsp3) is 0.263. The molecular formula is C19H24N8O2. The van der Waals surface area contributed by atoms with Crippen LogP contribution >= 0.6 is 0 Å². The Kier molecular flexibility index (Phi) is 6.72. The van der Waals surface area contributed by atoms with Gasteiger partial charge in [-0.1, -0.05) is 0 Å². The molecule has 0 aliphatic heterocycles. The van der Waals surface area contributed by atoms with Gasteiger partial charge in [0.2, 0.25) is 0 Å². The van der Waals surface area contributed by atoms with E-state index in [1.807, 2.05) is 18.3 Å². The standard InChI is InChI=1S/C19H24N8O2/c1-29-12-15-10-25-27-4-2-13(6-17(15)27)8-24-19-18(21)23-11-16(26-19)14(7-20)9-22-3-5-28/h2,4,6-7,9-11,20,22,28H,3,5,8,12H2,1H3,(H2,21,23)(H,24,26)/b14-9+,20-7?. The number of ether oxygens (including phenoxy) is 1. The Bertz CT molecular complexity index is 1010. The summed E-state index contributed by atoms with van der Waals surface area (Å²) in [4.78, 5) is 8.65. The lowest BCUT2D eigenvalue weighted by Gasteiger charge is -2.11. The van der Waals surface area contributed by atoms with Crippen LogP contribution in [-0.2, 0) is 17.9 Å². The van der Waals surface area contributed by atoms with E-state index in [2.05, 4.69) is 25.7 Å². The second-order valence-corrected chi connectivity index (χ2v) is 6.23. The number of aliphatic hydroxyl groups is 1. The zero-order valence-electron chi connectivity index (χ0n) is 16.1.